The third-order valence-electron chi connectivity index (χ3n) is 7.48. The lowest BCUT2D eigenvalue weighted by molar-refractivity contribution is 0.531. The number of anilines is 6. The van der Waals surface area contributed by atoms with Crippen LogP contribution in [0.5, 0.6) is 0 Å². The quantitative estimate of drug-likeness (QED) is 0.195. The Morgan fingerprint density at radius 3 is 1.63 bits per heavy atom. The van der Waals surface area contributed by atoms with Crippen LogP contribution in [0, 0.1) is 13.8 Å². The van der Waals surface area contributed by atoms with Gasteiger partial charge in [0.1, 0.15) is 0 Å². The Kier molecular flexibility index (Phi) is 8.18. The number of aryl methyl sites for hydroxylation is 2. The molecule has 0 aliphatic carbocycles. The van der Waals surface area contributed by atoms with Gasteiger partial charge in [-0.2, -0.15) is 15.0 Å². The summed E-state index contributed by atoms with van der Waals surface area (Å²) in [5, 5.41) is 13.6. The normalized spacial score (nSPS) is 13.8. The number of benzene rings is 2. The van der Waals surface area contributed by atoms with Gasteiger partial charge in [-0.05, 0) is 88.3 Å². The van der Waals surface area contributed by atoms with E-state index in [4.69, 9.17) is 24.9 Å². The molecule has 0 amide bonds. The van der Waals surface area contributed by atoms with Gasteiger partial charge in [0.05, 0.1) is 11.0 Å². The van der Waals surface area contributed by atoms with Crippen molar-refractivity contribution in [1.82, 2.24) is 30.2 Å². The van der Waals surface area contributed by atoms with E-state index < -0.39 is 0 Å². The molecule has 1 fully saturated rings. The fourth-order valence-corrected chi connectivity index (χ4v) is 6.46. The van der Waals surface area contributed by atoms with Crippen LogP contribution in [0.2, 0.25) is 0 Å². The minimum atomic E-state index is 0.458. The first kappa shape index (κ1) is 28.9. The number of pyridine rings is 2. The standard InChI is InChI=1S/C32H38N10S/c1-19-15-28(41(3)4)24-17-21(7-9-26(24)34-19)36-30-38-31(40-32(39-30)43-23-11-13-33-14-12-23)37-22-8-10-27-25(18-22)29(42(5)6)16-20(2)35-27/h7-10,15-18,23,33H,11-14H2,1-6H3,(H2,36,37,38,39,40). The van der Waals surface area contributed by atoms with E-state index in [0.29, 0.717) is 22.3 Å². The van der Waals surface area contributed by atoms with Crippen LogP contribution in [0.3, 0.4) is 0 Å². The lowest BCUT2D eigenvalue weighted by Gasteiger charge is -2.21. The SMILES string of the molecule is Cc1cc(N(C)C)c2cc(Nc3nc(Nc4ccc5nc(C)cc(N(C)C)c5c4)nc(SC4CCNCC4)n3)ccc2n1. The predicted octanol–water partition coefficient (Wildman–Crippen LogP) is 6.05. The molecule has 0 atom stereocenters. The summed E-state index contributed by atoms with van der Waals surface area (Å²) in [4.78, 5) is 28.2. The topological polar surface area (TPSA) is 107 Å². The number of piperidine rings is 1. The van der Waals surface area contributed by atoms with Crippen molar-refractivity contribution in [3.63, 3.8) is 0 Å². The third kappa shape index (κ3) is 6.57. The smallest absolute Gasteiger partial charge is 0.233 e. The fraction of sp³-hybridized carbons (Fsp3) is 0.344. The van der Waals surface area contributed by atoms with E-state index in [2.05, 4.69) is 50.0 Å². The van der Waals surface area contributed by atoms with Crippen molar-refractivity contribution in [1.29, 1.82) is 0 Å². The van der Waals surface area contributed by atoms with Gasteiger partial charge in [0, 0.05) is 78.4 Å². The van der Waals surface area contributed by atoms with Crippen LogP contribution < -0.4 is 25.8 Å². The van der Waals surface area contributed by atoms with Crippen LogP contribution in [-0.2, 0) is 0 Å². The lowest BCUT2D eigenvalue weighted by Crippen LogP contribution is -2.29. The fourth-order valence-electron chi connectivity index (χ4n) is 5.41. The van der Waals surface area contributed by atoms with Gasteiger partial charge in [0.25, 0.3) is 0 Å². The highest BCUT2D eigenvalue weighted by Crippen LogP contribution is 2.32. The Morgan fingerprint density at radius 2 is 1.16 bits per heavy atom. The average Bonchev–Trinajstić information content (AvgIpc) is 2.97. The zero-order chi connectivity index (χ0) is 30.1. The van der Waals surface area contributed by atoms with E-state index in [1.807, 2.05) is 66.3 Å². The second kappa shape index (κ2) is 12.2. The van der Waals surface area contributed by atoms with E-state index in [1.54, 1.807) is 11.8 Å². The zero-order valence-electron chi connectivity index (χ0n) is 25.6. The van der Waals surface area contributed by atoms with Gasteiger partial charge in [0.2, 0.25) is 11.9 Å². The van der Waals surface area contributed by atoms with E-state index in [-0.39, 0.29) is 0 Å². The van der Waals surface area contributed by atoms with Crippen LogP contribution >= 0.6 is 11.8 Å². The first-order valence-corrected chi connectivity index (χ1v) is 15.4. The molecule has 0 radical (unpaired) electrons. The van der Waals surface area contributed by atoms with Crippen LogP contribution in [0.15, 0.2) is 53.7 Å². The summed E-state index contributed by atoms with van der Waals surface area (Å²) >= 11 is 1.72. The van der Waals surface area contributed by atoms with E-state index >= 15 is 0 Å². The number of nitrogens with one attached hydrogen (secondary N) is 3. The maximum absolute atomic E-state index is 4.84. The maximum Gasteiger partial charge on any atom is 0.233 e. The summed E-state index contributed by atoms with van der Waals surface area (Å²) in [6.45, 7) is 6.06. The summed E-state index contributed by atoms with van der Waals surface area (Å²) in [5.74, 6) is 0.985. The zero-order valence-corrected chi connectivity index (χ0v) is 26.4. The van der Waals surface area contributed by atoms with E-state index in [1.165, 1.54) is 0 Å². The molecule has 3 aromatic heterocycles. The van der Waals surface area contributed by atoms with Gasteiger partial charge in [-0.3, -0.25) is 9.97 Å². The van der Waals surface area contributed by atoms with Crippen LogP contribution in [0.25, 0.3) is 21.8 Å². The molecule has 0 bridgehead atoms. The van der Waals surface area contributed by atoms with Crippen molar-refractivity contribution in [2.75, 3.05) is 61.7 Å². The molecular formula is C32H38N10S. The second-order valence-electron chi connectivity index (χ2n) is 11.4. The number of fused-ring (bicyclic) bond motifs is 2. The summed E-state index contributed by atoms with van der Waals surface area (Å²) in [6.07, 6.45) is 2.16. The summed E-state index contributed by atoms with van der Waals surface area (Å²) in [7, 11) is 8.20. The van der Waals surface area contributed by atoms with Gasteiger partial charge in [0.15, 0.2) is 5.16 Å². The lowest BCUT2D eigenvalue weighted by atomic mass is 10.1. The number of aromatic nitrogens is 5. The highest BCUT2D eigenvalue weighted by Gasteiger charge is 2.18. The van der Waals surface area contributed by atoms with Gasteiger partial charge in [-0.1, -0.05) is 11.8 Å². The number of nitrogens with zero attached hydrogens (tertiary/aromatic N) is 7. The van der Waals surface area contributed by atoms with Crippen molar-refractivity contribution in [2.24, 2.45) is 0 Å². The highest BCUT2D eigenvalue weighted by molar-refractivity contribution is 7.99. The molecule has 43 heavy (non-hydrogen) atoms. The minimum absolute atomic E-state index is 0.458. The minimum Gasteiger partial charge on any atom is -0.377 e. The summed E-state index contributed by atoms with van der Waals surface area (Å²) in [6, 6.07) is 16.5. The Bertz CT molecular complexity index is 1660. The Balaban J connectivity index is 1.35. The second-order valence-corrected chi connectivity index (χ2v) is 12.7. The molecule has 4 heterocycles. The van der Waals surface area contributed by atoms with Crippen LogP contribution in [0.4, 0.5) is 34.6 Å². The molecule has 6 rings (SSSR count). The van der Waals surface area contributed by atoms with Gasteiger partial charge in [-0.15, -0.1) is 0 Å². The maximum atomic E-state index is 4.84. The molecule has 1 aliphatic heterocycles. The molecule has 5 aromatic rings. The predicted molar refractivity (Wildman–Crippen MR) is 180 cm³/mol. The molecule has 0 saturated carbocycles. The monoisotopic (exact) mass is 594 g/mol. The first-order valence-electron chi connectivity index (χ1n) is 14.6. The Morgan fingerprint density at radius 1 is 0.674 bits per heavy atom. The van der Waals surface area contributed by atoms with Crippen molar-refractivity contribution in [2.45, 2.75) is 37.1 Å². The molecule has 222 valence electrons. The number of hydrogen-bond acceptors (Lipinski definition) is 11. The molecule has 0 spiro atoms. The molecular weight excluding hydrogens is 556 g/mol. The Labute approximate surface area is 256 Å². The van der Waals surface area contributed by atoms with E-state index in [0.717, 1.165) is 81.9 Å². The van der Waals surface area contributed by atoms with Crippen LogP contribution in [0.1, 0.15) is 24.2 Å². The third-order valence-corrected chi connectivity index (χ3v) is 8.68. The first-order chi connectivity index (χ1) is 20.7. The Hall–Kier alpha value is -4.22. The molecule has 3 N–H and O–H groups in total. The molecule has 11 heteroatoms. The van der Waals surface area contributed by atoms with Crippen molar-refractivity contribution < 1.29 is 0 Å². The number of rotatable bonds is 8. The van der Waals surface area contributed by atoms with Crippen LogP contribution in [-0.4, -0.2) is 71.5 Å². The van der Waals surface area contributed by atoms with Gasteiger partial charge < -0.3 is 25.8 Å². The summed E-state index contributed by atoms with van der Waals surface area (Å²) in [5.41, 5.74) is 7.88. The largest absolute Gasteiger partial charge is 0.377 e. The molecule has 0 unspecified atom stereocenters. The van der Waals surface area contributed by atoms with E-state index in [9.17, 15) is 0 Å². The van der Waals surface area contributed by atoms with Crippen molar-refractivity contribution in [3.05, 3.63) is 59.9 Å². The highest BCUT2D eigenvalue weighted by atomic mass is 32.2. The molecule has 1 saturated heterocycles. The van der Waals surface area contributed by atoms with Gasteiger partial charge in [-0.25, -0.2) is 0 Å². The summed E-state index contributed by atoms with van der Waals surface area (Å²) < 4.78 is 0. The molecule has 2 aromatic carbocycles. The average molecular weight is 595 g/mol. The van der Waals surface area contributed by atoms with Crippen molar-refractivity contribution >= 4 is 68.2 Å². The number of hydrogen-bond donors (Lipinski definition) is 3. The van der Waals surface area contributed by atoms with Crippen molar-refractivity contribution in [3.8, 4) is 0 Å². The van der Waals surface area contributed by atoms with Gasteiger partial charge >= 0.3 is 0 Å². The molecule has 10 nitrogen and oxygen atoms in total. The number of thioether (sulfide) groups is 1. The molecule has 1 aliphatic rings.